The lowest BCUT2D eigenvalue weighted by Crippen LogP contribution is -2.05. The van der Waals surface area contributed by atoms with Crippen LogP contribution in [-0.2, 0) is 0 Å². The van der Waals surface area contributed by atoms with Gasteiger partial charge in [0.1, 0.15) is 5.69 Å². The molecule has 1 aromatic rings. The summed E-state index contributed by atoms with van der Waals surface area (Å²) in [4.78, 5) is 10.4. The van der Waals surface area contributed by atoms with Crippen LogP contribution in [0.25, 0.3) is 0 Å². The molecular weight excluding hydrogens is 260 g/mol. The van der Waals surface area contributed by atoms with Crippen LogP contribution in [0, 0.1) is 16.0 Å². The first-order chi connectivity index (χ1) is 7.08. The largest absolute Gasteiger partial charge is 0.376 e. The van der Waals surface area contributed by atoms with Gasteiger partial charge in [0.05, 0.1) is 4.92 Å². The standard InChI is InChI=1S/C10H11BrN2O2/c1-6-4-9(6)12-8-3-2-7(11)5-10(8)13(14)15/h2-3,5-6,9,12H,4H2,1H3. The number of rotatable bonds is 3. The number of hydrogen-bond donors (Lipinski definition) is 1. The zero-order chi connectivity index (χ0) is 11.0. The fourth-order valence-electron chi connectivity index (χ4n) is 1.50. The van der Waals surface area contributed by atoms with Gasteiger partial charge in [-0.15, -0.1) is 0 Å². The molecule has 1 saturated carbocycles. The third-order valence-corrected chi connectivity index (χ3v) is 3.10. The summed E-state index contributed by atoms with van der Waals surface area (Å²) < 4.78 is 0.726. The molecular formula is C10H11BrN2O2. The number of nitrogens with zero attached hydrogens (tertiary/aromatic N) is 1. The van der Waals surface area contributed by atoms with Crippen molar-refractivity contribution in [2.75, 3.05) is 5.32 Å². The predicted molar refractivity (Wildman–Crippen MR) is 62.0 cm³/mol. The van der Waals surface area contributed by atoms with Crippen molar-refractivity contribution >= 4 is 27.3 Å². The summed E-state index contributed by atoms with van der Waals surface area (Å²) in [7, 11) is 0. The maximum Gasteiger partial charge on any atom is 0.293 e. The Hall–Kier alpha value is -1.10. The molecule has 0 aromatic heterocycles. The molecule has 80 valence electrons. The smallest absolute Gasteiger partial charge is 0.293 e. The van der Waals surface area contributed by atoms with E-state index in [-0.39, 0.29) is 10.6 Å². The second-order valence-corrected chi connectivity index (χ2v) is 4.80. The fourth-order valence-corrected chi connectivity index (χ4v) is 1.85. The SMILES string of the molecule is CC1CC1Nc1ccc(Br)cc1[N+](=O)[O-]. The zero-order valence-corrected chi connectivity index (χ0v) is 9.82. The molecule has 1 aliphatic carbocycles. The number of hydrogen-bond acceptors (Lipinski definition) is 3. The van der Waals surface area contributed by atoms with Crippen LogP contribution < -0.4 is 5.32 Å². The van der Waals surface area contributed by atoms with E-state index in [1.54, 1.807) is 6.07 Å². The van der Waals surface area contributed by atoms with E-state index in [0.29, 0.717) is 17.6 Å². The Morgan fingerprint density at radius 2 is 2.27 bits per heavy atom. The second-order valence-electron chi connectivity index (χ2n) is 3.88. The molecule has 2 rings (SSSR count). The number of anilines is 1. The van der Waals surface area contributed by atoms with E-state index in [1.165, 1.54) is 6.07 Å². The van der Waals surface area contributed by atoms with Crippen molar-refractivity contribution in [2.45, 2.75) is 19.4 Å². The van der Waals surface area contributed by atoms with Gasteiger partial charge in [0.15, 0.2) is 0 Å². The van der Waals surface area contributed by atoms with Crippen molar-refractivity contribution < 1.29 is 4.92 Å². The minimum atomic E-state index is -0.361. The summed E-state index contributed by atoms with van der Waals surface area (Å²) >= 11 is 3.23. The predicted octanol–water partition coefficient (Wildman–Crippen LogP) is 3.18. The highest BCUT2D eigenvalue weighted by molar-refractivity contribution is 9.10. The highest BCUT2D eigenvalue weighted by atomic mass is 79.9. The molecule has 0 bridgehead atoms. The molecule has 2 unspecified atom stereocenters. The Kier molecular flexibility index (Phi) is 2.65. The molecule has 1 aliphatic rings. The van der Waals surface area contributed by atoms with E-state index >= 15 is 0 Å². The minimum Gasteiger partial charge on any atom is -0.376 e. The van der Waals surface area contributed by atoms with E-state index in [0.717, 1.165) is 10.9 Å². The molecule has 2 atom stereocenters. The molecule has 1 aromatic carbocycles. The summed E-state index contributed by atoms with van der Waals surface area (Å²) in [5.74, 6) is 0.619. The Morgan fingerprint density at radius 1 is 1.60 bits per heavy atom. The third kappa shape index (κ3) is 2.28. The maximum atomic E-state index is 10.8. The van der Waals surface area contributed by atoms with Crippen molar-refractivity contribution in [1.82, 2.24) is 0 Å². The van der Waals surface area contributed by atoms with Crippen LogP contribution in [0.15, 0.2) is 22.7 Å². The summed E-state index contributed by atoms with van der Waals surface area (Å²) in [6.45, 7) is 2.13. The fraction of sp³-hybridized carbons (Fsp3) is 0.400. The van der Waals surface area contributed by atoms with Gasteiger partial charge in [-0.2, -0.15) is 0 Å². The first-order valence-electron chi connectivity index (χ1n) is 4.78. The van der Waals surface area contributed by atoms with Crippen LogP contribution in [0.5, 0.6) is 0 Å². The zero-order valence-electron chi connectivity index (χ0n) is 8.24. The number of nitro groups is 1. The van der Waals surface area contributed by atoms with Crippen molar-refractivity contribution in [2.24, 2.45) is 5.92 Å². The molecule has 0 radical (unpaired) electrons. The lowest BCUT2D eigenvalue weighted by Gasteiger charge is -2.05. The molecule has 15 heavy (non-hydrogen) atoms. The topological polar surface area (TPSA) is 55.2 Å². The second kappa shape index (κ2) is 3.81. The minimum absolute atomic E-state index is 0.128. The van der Waals surface area contributed by atoms with E-state index < -0.39 is 0 Å². The van der Waals surface area contributed by atoms with Gasteiger partial charge < -0.3 is 5.32 Å². The Morgan fingerprint density at radius 3 is 2.80 bits per heavy atom. The lowest BCUT2D eigenvalue weighted by atomic mass is 10.2. The summed E-state index contributed by atoms with van der Waals surface area (Å²) in [5.41, 5.74) is 0.737. The van der Waals surface area contributed by atoms with Gasteiger partial charge in [-0.05, 0) is 24.5 Å². The van der Waals surface area contributed by atoms with Crippen LogP contribution in [0.3, 0.4) is 0 Å². The molecule has 0 amide bonds. The van der Waals surface area contributed by atoms with Crippen LogP contribution in [-0.4, -0.2) is 11.0 Å². The Bertz CT molecular complexity index is 408. The summed E-state index contributed by atoms with van der Waals surface area (Å²) in [5, 5.41) is 14.0. The monoisotopic (exact) mass is 270 g/mol. The number of halogens is 1. The molecule has 0 heterocycles. The van der Waals surface area contributed by atoms with Gasteiger partial charge in [0.2, 0.25) is 0 Å². The number of nitrogens with one attached hydrogen (secondary N) is 1. The Balaban J connectivity index is 2.25. The molecule has 0 aliphatic heterocycles. The molecule has 1 N–H and O–H groups in total. The van der Waals surface area contributed by atoms with E-state index in [9.17, 15) is 10.1 Å². The molecule has 1 fully saturated rings. The van der Waals surface area contributed by atoms with E-state index in [4.69, 9.17) is 0 Å². The molecule has 0 spiro atoms. The molecule has 0 saturated heterocycles. The number of benzene rings is 1. The average molecular weight is 271 g/mol. The van der Waals surface area contributed by atoms with Gasteiger partial charge >= 0.3 is 0 Å². The highest BCUT2D eigenvalue weighted by Gasteiger charge is 2.33. The van der Waals surface area contributed by atoms with Gasteiger partial charge in [0, 0.05) is 16.6 Å². The lowest BCUT2D eigenvalue weighted by molar-refractivity contribution is -0.384. The average Bonchev–Trinajstić information content (AvgIpc) is 2.85. The number of nitro benzene ring substituents is 1. The van der Waals surface area contributed by atoms with E-state index in [2.05, 4.69) is 28.2 Å². The van der Waals surface area contributed by atoms with Crippen molar-refractivity contribution in [3.05, 3.63) is 32.8 Å². The van der Waals surface area contributed by atoms with E-state index in [1.807, 2.05) is 6.07 Å². The van der Waals surface area contributed by atoms with Gasteiger partial charge in [-0.1, -0.05) is 22.9 Å². The Labute approximate surface area is 96.0 Å². The summed E-state index contributed by atoms with van der Waals surface area (Å²) in [6.07, 6.45) is 1.09. The van der Waals surface area contributed by atoms with Gasteiger partial charge in [-0.3, -0.25) is 10.1 Å². The maximum absolute atomic E-state index is 10.8. The first kappa shape index (κ1) is 10.4. The molecule has 4 nitrogen and oxygen atoms in total. The van der Waals surface area contributed by atoms with Crippen LogP contribution >= 0.6 is 15.9 Å². The highest BCUT2D eigenvalue weighted by Crippen LogP contribution is 2.36. The van der Waals surface area contributed by atoms with Crippen molar-refractivity contribution in [1.29, 1.82) is 0 Å². The summed E-state index contributed by atoms with van der Waals surface area (Å²) in [6, 6.07) is 5.47. The normalized spacial score (nSPS) is 23.6. The van der Waals surface area contributed by atoms with Gasteiger partial charge in [-0.25, -0.2) is 0 Å². The van der Waals surface area contributed by atoms with Crippen LogP contribution in [0.2, 0.25) is 0 Å². The quantitative estimate of drug-likeness (QED) is 0.678. The van der Waals surface area contributed by atoms with Crippen molar-refractivity contribution in [3.8, 4) is 0 Å². The molecule has 5 heteroatoms. The van der Waals surface area contributed by atoms with Gasteiger partial charge in [0.25, 0.3) is 5.69 Å². The first-order valence-corrected chi connectivity index (χ1v) is 5.57. The third-order valence-electron chi connectivity index (χ3n) is 2.61. The van der Waals surface area contributed by atoms with Crippen molar-refractivity contribution in [3.63, 3.8) is 0 Å². The van der Waals surface area contributed by atoms with Crippen LogP contribution in [0.1, 0.15) is 13.3 Å². The van der Waals surface area contributed by atoms with Crippen LogP contribution in [0.4, 0.5) is 11.4 Å².